The first-order valence-electron chi connectivity index (χ1n) is 25.1. The van der Waals surface area contributed by atoms with Gasteiger partial charge in [-0.1, -0.05) is 63.0 Å². The molecule has 0 radical (unpaired) electrons. The van der Waals surface area contributed by atoms with E-state index in [9.17, 15) is 34.5 Å². The number of benzene rings is 1. The minimum atomic E-state index is -1.48. The third-order valence-corrected chi connectivity index (χ3v) is 17.3. The highest BCUT2D eigenvalue weighted by Crippen LogP contribution is 2.49. The van der Waals surface area contributed by atoms with E-state index in [1.807, 2.05) is 6.92 Å². The smallest absolute Gasteiger partial charge is 0.320 e. The van der Waals surface area contributed by atoms with Crippen LogP contribution in [-0.4, -0.2) is 172 Å². The van der Waals surface area contributed by atoms with Crippen molar-refractivity contribution >= 4 is 64.5 Å². The first-order valence-corrected chi connectivity index (χ1v) is 26.9. The maximum atomic E-state index is 15.0. The Kier molecular flexibility index (Phi) is 20.1. The Bertz CT molecular complexity index is 2270. The number of urea groups is 1. The van der Waals surface area contributed by atoms with Crippen LogP contribution in [0.4, 0.5) is 4.79 Å². The topological polar surface area (TPSA) is 230 Å². The summed E-state index contributed by atoms with van der Waals surface area (Å²) in [6.07, 6.45) is -3.44. The molecule has 4 saturated heterocycles. The summed E-state index contributed by atoms with van der Waals surface area (Å²) in [4.78, 5) is 77.6. The number of rotatable bonds is 14. The zero-order valence-corrected chi connectivity index (χ0v) is 45.7. The number of hydrogen-bond donors (Lipinski definition) is 3. The molecular formula is C52H73Cl2N3O15S. The number of hydrogen-bond acceptors (Lipinski definition) is 17. The van der Waals surface area contributed by atoms with E-state index in [2.05, 4.69) is 4.98 Å². The quantitative estimate of drug-likeness (QED) is 0.113. The highest BCUT2D eigenvalue weighted by molar-refractivity contribution is 8.00. The number of amides is 2. The number of carbonyl (C=O) groups excluding carboxylic acids is 5. The van der Waals surface area contributed by atoms with Gasteiger partial charge in [0, 0.05) is 92.2 Å². The Morgan fingerprint density at radius 1 is 0.986 bits per heavy atom. The fraction of sp³-hybridized carbons (Fsp3) is 0.692. The summed E-state index contributed by atoms with van der Waals surface area (Å²) in [5.41, 5.74) is -1.70. The zero-order valence-electron chi connectivity index (χ0n) is 43.4. The molecule has 2 amide bonds. The third kappa shape index (κ3) is 12.8. The van der Waals surface area contributed by atoms with E-state index in [1.165, 1.54) is 49.2 Å². The number of fused-ring (bicyclic) bond motifs is 1. The van der Waals surface area contributed by atoms with Gasteiger partial charge in [0.15, 0.2) is 17.7 Å². The molecule has 18 nitrogen and oxygen atoms in total. The predicted octanol–water partition coefficient (Wildman–Crippen LogP) is 5.96. The lowest BCUT2D eigenvalue weighted by Crippen LogP contribution is -2.62. The van der Waals surface area contributed by atoms with Crippen molar-refractivity contribution in [3.05, 3.63) is 57.3 Å². The van der Waals surface area contributed by atoms with Crippen LogP contribution in [0.2, 0.25) is 10.0 Å². The Balaban J connectivity index is 1.25. The van der Waals surface area contributed by atoms with Crippen LogP contribution in [-0.2, 0) is 55.8 Å². The van der Waals surface area contributed by atoms with Crippen molar-refractivity contribution in [3.63, 3.8) is 0 Å². The van der Waals surface area contributed by atoms with Gasteiger partial charge in [0.1, 0.15) is 29.0 Å². The minimum absolute atomic E-state index is 0.0238. The lowest BCUT2D eigenvalue weighted by molar-refractivity contribution is -0.300. The van der Waals surface area contributed by atoms with Crippen LogP contribution in [0.15, 0.2) is 30.6 Å². The average molecular weight is 1080 g/mol. The lowest BCUT2D eigenvalue weighted by atomic mass is 9.70. The van der Waals surface area contributed by atoms with E-state index < -0.39 is 101 Å². The molecule has 0 bridgehead atoms. The molecule has 4 fully saturated rings. The number of esters is 2. The van der Waals surface area contributed by atoms with Crippen LogP contribution >= 0.6 is 35.0 Å². The predicted molar refractivity (Wildman–Crippen MR) is 271 cm³/mol. The number of pyridine rings is 1. The summed E-state index contributed by atoms with van der Waals surface area (Å²) in [5.74, 6) is -5.91. The molecular weight excluding hydrogens is 1010 g/mol. The summed E-state index contributed by atoms with van der Waals surface area (Å²) >= 11 is 13.8. The first kappa shape index (κ1) is 58.6. The summed E-state index contributed by atoms with van der Waals surface area (Å²) in [7, 11) is 3.09. The number of ketones is 2. The number of Topliss-reactive ketones (excluding diaryl/α,β-unsaturated/α-hetero) is 2. The molecule has 1 aromatic carbocycles. The molecule has 3 N–H and O–H groups in total. The van der Waals surface area contributed by atoms with Crippen LogP contribution in [0, 0.1) is 29.6 Å². The van der Waals surface area contributed by atoms with Crippen molar-refractivity contribution in [1.82, 2.24) is 14.8 Å². The molecule has 0 saturated carbocycles. The minimum Gasteiger partial charge on any atom is -0.492 e. The zero-order chi connectivity index (χ0) is 53.7. The van der Waals surface area contributed by atoms with Gasteiger partial charge in [-0.2, -0.15) is 0 Å². The molecule has 4 aliphatic rings. The number of nitrogens with zero attached hydrogens (tertiary/aromatic N) is 3. The number of halogens is 2. The number of methoxy groups -OCH3 is 1. The van der Waals surface area contributed by atoms with E-state index >= 15 is 4.79 Å². The molecule has 1 aromatic heterocycles. The van der Waals surface area contributed by atoms with E-state index in [0.29, 0.717) is 49.4 Å². The molecule has 5 heterocycles. The average Bonchev–Trinajstić information content (AvgIpc) is 3.64. The molecule has 21 heteroatoms. The molecule has 15 atom stereocenters. The maximum Gasteiger partial charge on any atom is 0.320 e. The number of likely N-dealkylation sites (N-methyl/N-ethyl adjacent to an activating group) is 1. The van der Waals surface area contributed by atoms with Gasteiger partial charge >= 0.3 is 18.0 Å². The normalized spacial score (nSPS) is 34.6. The highest BCUT2D eigenvalue weighted by Gasteiger charge is 2.61. The lowest BCUT2D eigenvalue weighted by Gasteiger charge is -2.48. The van der Waals surface area contributed by atoms with Gasteiger partial charge in [-0.15, -0.1) is 11.8 Å². The van der Waals surface area contributed by atoms with E-state index in [0.717, 1.165) is 0 Å². The third-order valence-electron chi connectivity index (χ3n) is 15.4. The Hall–Kier alpha value is -3.63. The molecule has 0 unspecified atom stereocenters. The number of aliphatic hydroxyl groups excluding tert-OH is 3. The fourth-order valence-electron chi connectivity index (χ4n) is 11.1. The Morgan fingerprint density at radius 3 is 2.29 bits per heavy atom. The largest absolute Gasteiger partial charge is 0.492 e. The van der Waals surface area contributed by atoms with Crippen molar-refractivity contribution in [2.24, 2.45) is 29.6 Å². The van der Waals surface area contributed by atoms with Crippen molar-refractivity contribution in [2.75, 3.05) is 52.8 Å². The van der Waals surface area contributed by atoms with Crippen LogP contribution in [0.5, 0.6) is 5.75 Å². The first-order chi connectivity index (χ1) is 34.5. The number of aromatic nitrogens is 1. The van der Waals surface area contributed by atoms with Gasteiger partial charge in [-0.05, 0) is 53.0 Å². The van der Waals surface area contributed by atoms with Gasteiger partial charge in [0.25, 0.3) is 0 Å². The number of morpholine rings is 1. The molecule has 0 spiro atoms. The van der Waals surface area contributed by atoms with Gasteiger partial charge in [-0.25, -0.2) is 4.79 Å². The Morgan fingerprint density at radius 2 is 1.66 bits per heavy atom. The van der Waals surface area contributed by atoms with E-state index in [1.54, 1.807) is 65.6 Å². The van der Waals surface area contributed by atoms with E-state index in [-0.39, 0.29) is 71.6 Å². The second-order valence-corrected chi connectivity index (χ2v) is 22.4. The summed E-state index contributed by atoms with van der Waals surface area (Å²) in [6.45, 7) is 15.0. The molecule has 6 rings (SSSR count). The maximum absolute atomic E-state index is 15.0. The number of aliphatic hydroxyl groups is 3. The number of ether oxygens (including phenoxy) is 7. The monoisotopic (exact) mass is 1080 g/mol. The van der Waals surface area contributed by atoms with Crippen LogP contribution in [0.3, 0.4) is 0 Å². The summed E-state index contributed by atoms with van der Waals surface area (Å²) < 4.78 is 43.3. The van der Waals surface area contributed by atoms with Crippen molar-refractivity contribution in [3.8, 4) is 5.75 Å². The van der Waals surface area contributed by atoms with Gasteiger partial charge in [0.2, 0.25) is 0 Å². The molecule has 0 aliphatic carbocycles. The van der Waals surface area contributed by atoms with Crippen molar-refractivity contribution < 1.29 is 72.5 Å². The number of carbonyl (C=O) groups is 5. The molecule has 406 valence electrons. The van der Waals surface area contributed by atoms with Crippen LogP contribution < -0.4 is 4.74 Å². The van der Waals surface area contributed by atoms with Gasteiger partial charge < -0.3 is 58.3 Å². The molecule has 4 aliphatic heterocycles. The Labute approximate surface area is 442 Å². The van der Waals surface area contributed by atoms with E-state index in [4.69, 9.17) is 56.4 Å². The summed E-state index contributed by atoms with van der Waals surface area (Å²) in [5, 5.41) is 33.8. The van der Waals surface area contributed by atoms with Crippen molar-refractivity contribution in [2.45, 2.75) is 147 Å². The number of cyclic esters (lactones) is 1. The van der Waals surface area contributed by atoms with Crippen LogP contribution in [0.1, 0.15) is 96.1 Å². The second-order valence-electron chi connectivity index (χ2n) is 20.4. The number of thioether (sulfide) groups is 1. The second kappa shape index (κ2) is 25.0. The molecule has 2 aromatic rings. The SMILES string of the molecule is CC[C@H]1OC(=O)[C@H](C)[C@@H](O)[C@H](C)[C@@H](O[C@@H]2O[C@H](C)C[C@H](N(C)C(=O)N3CCOCC3)[C@H]2O)[C@](C)(OC)C[C@@H](C)C(=O)[C@H](C)[C@H]2[C@H](SCCOc3cc(C(=O)Cc4c(Cl)cncc4Cl)ccc3CO)C(=O)O[C@@]21C. The fourth-order valence-corrected chi connectivity index (χ4v) is 12.9. The summed E-state index contributed by atoms with van der Waals surface area (Å²) in [6, 6.07) is 3.70. The van der Waals surface area contributed by atoms with Crippen molar-refractivity contribution in [1.29, 1.82) is 0 Å². The van der Waals surface area contributed by atoms with Crippen LogP contribution in [0.25, 0.3) is 0 Å². The van der Waals surface area contributed by atoms with Gasteiger partial charge in [-0.3, -0.25) is 24.2 Å². The molecule has 73 heavy (non-hydrogen) atoms. The highest BCUT2D eigenvalue weighted by atomic mass is 35.5. The standard InChI is InChI=1S/C52H73Cl2N3O15S/c1-11-40-52(8)41(45(48(64)72-52)73-19-18-68-39-21-32(12-13-33(39)26-58)38(59)22-34-35(53)24-55-25-36(34)54)29(4)42(60)27(2)23-51(7,66-10)46(30(5)43(61)31(6)47(63)70-40)71-49-44(62)37(20-28(3)69-49)56(9)50(65)57-14-16-67-17-15-57/h12-13,21,24-25,27-31,37,40-41,43-46,49,58,61-62H,11,14-20,22-23,26H2,1-10H3/t27-,28-,29-,30+,31-,37+,40-,41+,43+,44-,45+,46-,49+,51-,52-/m1/s1. The van der Waals surface area contributed by atoms with Gasteiger partial charge in [0.05, 0.1) is 72.3 Å².